The van der Waals surface area contributed by atoms with Crippen molar-refractivity contribution in [2.24, 2.45) is 0 Å². The van der Waals surface area contributed by atoms with E-state index in [1.54, 1.807) is 4.90 Å². The van der Waals surface area contributed by atoms with Crippen molar-refractivity contribution in [3.05, 3.63) is 35.4 Å². The molecule has 2 rings (SSSR count). The van der Waals surface area contributed by atoms with Gasteiger partial charge in [0.2, 0.25) is 0 Å². The fourth-order valence-electron chi connectivity index (χ4n) is 3.16. The molecule has 5 nitrogen and oxygen atoms in total. The summed E-state index contributed by atoms with van der Waals surface area (Å²) in [5.41, 5.74) is 1.37. The predicted octanol–water partition coefficient (Wildman–Crippen LogP) is 5.25. The highest BCUT2D eigenvalue weighted by Crippen LogP contribution is 2.41. The van der Waals surface area contributed by atoms with Crippen molar-refractivity contribution in [1.82, 2.24) is 4.90 Å². The van der Waals surface area contributed by atoms with Crippen molar-refractivity contribution >= 4 is 14.4 Å². The summed E-state index contributed by atoms with van der Waals surface area (Å²) in [4.78, 5) is 14.7. The van der Waals surface area contributed by atoms with Crippen LogP contribution in [0.3, 0.4) is 0 Å². The Labute approximate surface area is 171 Å². The molecule has 1 amide bonds. The smallest absolute Gasteiger partial charge is 0.410 e. The Kier molecular flexibility index (Phi) is 6.68. The maximum atomic E-state index is 12.9. The van der Waals surface area contributed by atoms with Crippen molar-refractivity contribution in [1.29, 1.82) is 0 Å². The molecule has 2 atom stereocenters. The first-order chi connectivity index (χ1) is 12.7. The number of ether oxygens (including phenoxy) is 1. The number of carbonyl (C=O) groups excluding carboxylic acids is 1. The number of aliphatic hydroxyl groups is 1. The zero-order chi connectivity index (χ0) is 21.3. The molecule has 0 saturated carbocycles. The van der Waals surface area contributed by atoms with E-state index in [4.69, 9.17) is 9.16 Å². The number of amides is 1. The molecule has 1 aromatic carbocycles. The Morgan fingerprint density at radius 2 is 1.71 bits per heavy atom. The molecule has 158 valence electrons. The number of hydrogen-bond acceptors (Lipinski definition) is 4. The quantitative estimate of drug-likeness (QED) is 0.693. The van der Waals surface area contributed by atoms with E-state index in [0.29, 0.717) is 6.54 Å². The van der Waals surface area contributed by atoms with Gasteiger partial charge in [-0.3, -0.25) is 4.90 Å². The highest BCUT2D eigenvalue weighted by Gasteiger charge is 2.44. The van der Waals surface area contributed by atoms with Crippen LogP contribution in [0.15, 0.2) is 24.3 Å². The Hall–Kier alpha value is -1.37. The number of carbonyl (C=O) groups is 1. The van der Waals surface area contributed by atoms with E-state index in [0.717, 1.165) is 17.5 Å². The zero-order valence-electron chi connectivity index (χ0n) is 18.7. The number of nitrogens with zero attached hydrogens (tertiary/aromatic N) is 1. The van der Waals surface area contributed by atoms with Crippen LogP contribution in [-0.2, 0) is 15.8 Å². The lowest BCUT2D eigenvalue weighted by Gasteiger charge is -2.38. The molecule has 1 aliphatic rings. The summed E-state index contributed by atoms with van der Waals surface area (Å²) >= 11 is 0. The number of aliphatic hydroxyl groups excluding tert-OH is 1. The maximum Gasteiger partial charge on any atom is 0.410 e. The number of likely N-dealkylation sites (tertiary alicyclic amines) is 1. The van der Waals surface area contributed by atoms with Crippen molar-refractivity contribution in [2.75, 3.05) is 6.54 Å². The normalized spacial score (nSPS) is 21.1. The van der Waals surface area contributed by atoms with Crippen LogP contribution in [-0.4, -0.2) is 42.7 Å². The molecule has 28 heavy (non-hydrogen) atoms. The van der Waals surface area contributed by atoms with Gasteiger partial charge in [-0.05, 0) is 56.5 Å². The molecule has 1 aliphatic heterocycles. The summed E-state index contributed by atoms with van der Waals surface area (Å²) in [6.45, 7) is 17.4. The average molecular weight is 408 g/mol. The van der Waals surface area contributed by atoms with Gasteiger partial charge in [0.25, 0.3) is 0 Å². The van der Waals surface area contributed by atoms with E-state index in [2.05, 4.69) is 33.9 Å². The molecule has 1 fully saturated rings. The van der Waals surface area contributed by atoms with Gasteiger partial charge in [0.1, 0.15) is 5.60 Å². The second-order valence-electron chi connectivity index (χ2n) is 10.3. The summed E-state index contributed by atoms with van der Waals surface area (Å²) in [6, 6.07) is 7.71. The lowest BCUT2D eigenvalue weighted by molar-refractivity contribution is 0.0208. The Morgan fingerprint density at radius 1 is 1.14 bits per heavy atom. The van der Waals surface area contributed by atoms with E-state index < -0.39 is 13.9 Å². The number of benzene rings is 1. The second kappa shape index (κ2) is 8.17. The van der Waals surface area contributed by atoms with Crippen LogP contribution in [0.25, 0.3) is 0 Å². The maximum absolute atomic E-state index is 12.9. The lowest BCUT2D eigenvalue weighted by atomic mass is 10.0. The van der Waals surface area contributed by atoms with E-state index >= 15 is 0 Å². The molecule has 0 aromatic heterocycles. The van der Waals surface area contributed by atoms with Gasteiger partial charge in [-0.25, -0.2) is 4.79 Å². The third kappa shape index (κ3) is 5.58. The molecule has 0 spiro atoms. The van der Waals surface area contributed by atoms with Crippen LogP contribution in [0.5, 0.6) is 0 Å². The minimum absolute atomic E-state index is 0.00377. The molecular weight excluding hydrogens is 370 g/mol. The van der Waals surface area contributed by atoms with E-state index in [1.807, 2.05) is 45.0 Å². The standard InChI is InChI=1S/C22H37NO4Si/c1-21(2,3)26-20(25)23-14-18(27-28(7,8)22(4,5)6)13-19(23)17-11-9-16(15-24)10-12-17/h9-12,18-19,24H,13-15H2,1-8H3/t18-,19-/m1/s1. The minimum Gasteiger partial charge on any atom is -0.444 e. The molecule has 6 heteroatoms. The second-order valence-corrected chi connectivity index (χ2v) is 15.0. The van der Waals surface area contributed by atoms with E-state index in [-0.39, 0.29) is 29.9 Å². The zero-order valence-corrected chi connectivity index (χ0v) is 19.7. The first kappa shape index (κ1) is 22.9. The topological polar surface area (TPSA) is 59.0 Å². The van der Waals surface area contributed by atoms with Crippen LogP contribution in [0, 0.1) is 0 Å². The fraction of sp³-hybridized carbons (Fsp3) is 0.682. The van der Waals surface area contributed by atoms with Crippen LogP contribution in [0.4, 0.5) is 4.79 Å². The third-order valence-corrected chi connectivity index (χ3v) is 10.2. The summed E-state index contributed by atoms with van der Waals surface area (Å²) in [6.07, 6.45) is 0.450. The minimum atomic E-state index is -1.94. The summed E-state index contributed by atoms with van der Waals surface area (Å²) < 4.78 is 12.3. The fourth-order valence-corrected chi connectivity index (χ4v) is 4.52. The molecule has 1 N–H and O–H groups in total. The molecule has 0 aliphatic carbocycles. The molecule has 1 aromatic rings. The molecule has 0 unspecified atom stereocenters. The molecule has 0 bridgehead atoms. The Balaban J connectivity index is 2.26. The first-order valence-corrected chi connectivity index (χ1v) is 13.0. The van der Waals surface area contributed by atoms with Crippen LogP contribution in [0.2, 0.25) is 18.1 Å². The van der Waals surface area contributed by atoms with Gasteiger partial charge in [0, 0.05) is 6.54 Å². The Bertz CT molecular complexity index is 673. The van der Waals surface area contributed by atoms with Gasteiger partial charge in [-0.1, -0.05) is 45.0 Å². The van der Waals surface area contributed by atoms with Crippen molar-refractivity contribution in [3.8, 4) is 0 Å². The first-order valence-electron chi connectivity index (χ1n) is 10.1. The van der Waals surface area contributed by atoms with Gasteiger partial charge in [0.15, 0.2) is 8.32 Å². The van der Waals surface area contributed by atoms with E-state index in [1.165, 1.54) is 0 Å². The van der Waals surface area contributed by atoms with Gasteiger partial charge in [0.05, 0.1) is 18.8 Å². The Morgan fingerprint density at radius 3 is 2.18 bits per heavy atom. The average Bonchev–Trinajstić information content (AvgIpc) is 2.95. The number of hydrogen-bond donors (Lipinski definition) is 1. The molecule has 1 heterocycles. The van der Waals surface area contributed by atoms with Crippen molar-refractivity contribution in [3.63, 3.8) is 0 Å². The van der Waals surface area contributed by atoms with Crippen molar-refractivity contribution < 1.29 is 19.1 Å². The monoisotopic (exact) mass is 407 g/mol. The molecular formula is C22H37NO4Si. The largest absolute Gasteiger partial charge is 0.444 e. The van der Waals surface area contributed by atoms with Crippen LogP contribution >= 0.6 is 0 Å². The summed E-state index contributed by atoms with van der Waals surface area (Å²) in [5.74, 6) is 0. The highest BCUT2D eigenvalue weighted by atomic mass is 28.4. The third-order valence-electron chi connectivity index (χ3n) is 5.71. The molecule has 1 saturated heterocycles. The van der Waals surface area contributed by atoms with Crippen LogP contribution < -0.4 is 0 Å². The molecule has 0 radical (unpaired) electrons. The van der Waals surface area contributed by atoms with E-state index in [9.17, 15) is 9.90 Å². The van der Waals surface area contributed by atoms with Crippen molar-refractivity contribution in [2.45, 2.75) is 90.4 Å². The van der Waals surface area contributed by atoms with Gasteiger partial charge in [-0.2, -0.15) is 0 Å². The SMILES string of the molecule is CC(C)(C)OC(=O)N1C[C@H](O[Si](C)(C)C(C)(C)C)C[C@@H]1c1ccc(CO)cc1. The van der Waals surface area contributed by atoms with Crippen LogP contribution in [0.1, 0.15) is 65.1 Å². The summed E-state index contributed by atoms with van der Waals surface area (Å²) in [5, 5.41) is 9.42. The van der Waals surface area contributed by atoms with Gasteiger partial charge < -0.3 is 14.3 Å². The summed E-state index contributed by atoms with van der Waals surface area (Å²) in [7, 11) is -1.94. The van der Waals surface area contributed by atoms with Gasteiger partial charge >= 0.3 is 6.09 Å². The van der Waals surface area contributed by atoms with Gasteiger partial charge in [-0.15, -0.1) is 0 Å². The highest BCUT2D eigenvalue weighted by molar-refractivity contribution is 6.74. The number of rotatable bonds is 4. The predicted molar refractivity (Wildman–Crippen MR) is 115 cm³/mol. The lowest BCUT2D eigenvalue weighted by Crippen LogP contribution is -2.45.